The molecule has 0 aliphatic carbocycles. The zero-order valence-electron chi connectivity index (χ0n) is 13.0. The van der Waals surface area contributed by atoms with Gasteiger partial charge in [0.25, 0.3) is 5.91 Å². The number of hydrogen-bond acceptors (Lipinski definition) is 2. The third kappa shape index (κ3) is 6.12. The molecule has 1 atom stereocenters. The molecule has 0 bridgehead atoms. The number of guanidine groups is 1. The first-order valence-electron chi connectivity index (χ1n) is 7.18. The topological polar surface area (TPSA) is 65.5 Å². The predicted molar refractivity (Wildman–Crippen MR) is 93.0 cm³/mol. The number of halogens is 2. The van der Waals surface area contributed by atoms with Gasteiger partial charge < -0.3 is 16.0 Å². The van der Waals surface area contributed by atoms with E-state index in [2.05, 4.69) is 34.8 Å². The highest BCUT2D eigenvalue weighted by atomic mass is 35.5. The Balaban J connectivity index is 2.37. The van der Waals surface area contributed by atoms with Crippen LogP contribution in [0.25, 0.3) is 0 Å². The molecule has 0 saturated carbocycles. The van der Waals surface area contributed by atoms with E-state index in [4.69, 9.17) is 23.2 Å². The van der Waals surface area contributed by atoms with E-state index in [0.717, 1.165) is 12.4 Å². The maximum Gasteiger partial charge on any atom is 0.251 e. The Morgan fingerprint density at radius 1 is 1.23 bits per heavy atom. The molecule has 0 radical (unpaired) electrons. The molecule has 0 aliphatic rings. The number of nitrogens with one attached hydrogen (secondary N) is 3. The lowest BCUT2D eigenvalue weighted by atomic mass is 10.2. The molecule has 1 aromatic rings. The molecule has 1 rings (SSSR count). The lowest BCUT2D eigenvalue weighted by molar-refractivity contribution is 0.0954. The molecule has 1 amide bonds. The minimum atomic E-state index is -0.190. The monoisotopic (exact) mass is 344 g/mol. The van der Waals surface area contributed by atoms with Crippen LogP contribution in [0.5, 0.6) is 0 Å². The molecule has 22 heavy (non-hydrogen) atoms. The minimum absolute atomic E-state index is 0.190. The summed E-state index contributed by atoms with van der Waals surface area (Å²) < 4.78 is 0. The van der Waals surface area contributed by atoms with Crippen molar-refractivity contribution in [2.45, 2.75) is 26.3 Å². The van der Waals surface area contributed by atoms with Crippen molar-refractivity contribution in [1.82, 2.24) is 16.0 Å². The molecule has 5 nitrogen and oxygen atoms in total. The van der Waals surface area contributed by atoms with Gasteiger partial charge >= 0.3 is 0 Å². The van der Waals surface area contributed by atoms with Gasteiger partial charge in [0.15, 0.2) is 5.96 Å². The van der Waals surface area contributed by atoms with E-state index >= 15 is 0 Å². The summed E-state index contributed by atoms with van der Waals surface area (Å²) in [5, 5.41) is 9.99. The first kappa shape index (κ1) is 18.6. The van der Waals surface area contributed by atoms with Gasteiger partial charge in [0.2, 0.25) is 0 Å². The van der Waals surface area contributed by atoms with Gasteiger partial charge in [0.1, 0.15) is 0 Å². The first-order chi connectivity index (χ1) is 10.5. The highest BCUT2D eigenvalue weighted by Gasteiger charge is 2.07. The van der Waals surface area contributed by atoms with Crippen LogP contribution in [0.3, 0.4) is 0 Å². The van der Waals surface area contributed by atoms with E-state index in [1.165, 1.54) is 0 Å². The SMILES string of the molecule is CCC(C)NC(=NC)NCCNC(=O)c1ccc(Cl)c(Cl)c1. The average molecular weight is 345 g/mol. The summed E-state index contributed by atoms with van der Waals surface area (Å²) in [5.41, 5.74) is 0.483. The summed E-state index contributed by atoms with van der Waals surface area (Å²) in [7, 11) is 1.71. The van der Waals surface area contributed by atoms with Crippen LogP contribution in [-0.2, 0) is 0 Å². The van der Waals surface area contributed by atoms with Crippen molar-refractivity contribution in [3.8, 4) is 0 Å². The molecule has 1 unspecified atom stereocenters. The summed E-state index contributed by atoms with van der Waals surface area (Å²) in [5.74, 6) is 0.531. The lowest BCUT2D eigenvalue weighted by Crippen LogP contribution is -2.44. The van der Waals surface area contributed by atoms with Crippen molar-refractivity contribution < 1.29 is 4.79 Å². The van der Waals surface area contributed by atoms with Crippen molar-refractivity contribution in [2.75, 3.05) is 20.1 Å². The highest BCUT2D eigenvalue weighted by Crippen LogP contribution is 2.22. The first-order valence-corrected chi connectivity index (χ1v) is 7.94. The molecule has 0 aromatic heterocycles. The van der Waals surface area contributed by atoms with E-state index in [1.54, 1.807) is 25.2 Å². The normalized spacial score (nSPS) is 12.7. The Morgan fingerprint density at radius 2 is 1.91 bits per heavy atom. The maximum atomic E-state index is 12.0. The summed E-state index contributed by atoms with van der Waals surface area (Å²) in [6, 6.07) is 5.14. The van der Waals surface area contributed by atoms with Gasteiger partial charge in [-0.2, -0.15) is 0 Å². The number of carbonyl (C=O) groups excluding carboxylic acids is 1. The zero-order valence-corrected chi connectivity index (χ0v) is 14.6. The van der Waals surface area contributed by atoms with Crippen LogP contribution in [-0.4, -0.2) is 38.0 Å². The van der Waals surface area contributed by atoms with Crippen LogP contribution in [0.2, 0.25) is 10.0 Å². The van der Waals surface area contributed by atoms with Crippen molar-refractivity contribution in [1.29, 1.82) is 0 Å². The van der Waals surface area contributed by atoms with Gasteiger partial charge in [0, 0.05) is 31.7 Å². The van der Waals surface area contributed by atoms with Crippen molar-refractivity contribution in [2.24, 2.45) is 4.99 Å². The summed E-state index contributed by atoms with van der Waals surface area (Å²) >= 11 is 11.7. The number of hydrogen-bond donors (Lipinski definition) is 3. The Morgan fingerprint density at radius 3 is 2.50 bits per heavy atom. The second-order valence-corrected chi connectivity index (χ2v) is 5.65. The van der Waals surface area contributed by atoms with Crippen molar-refractivity contribution >= 4 is 35.1 Å². The molecule has 0 fully saturated rings. The van der Waals surface area contributed by atoms with Crippen molar-refractivity contribution in [3.63, 3.8) is 0 Å². The second kappa shape index (κ2) is 9.54. The minimum Gasteiger partial charge on any atom is -0.355 e. The average Bonchev–Trinajstić information content (AvgIpc) is 2.52. The Bertz CT molecular complexity index is 534. The van der Waals surface area contributed by atoms with E-state index in [1.807, 2.05) is 0 Å². The van der Waals surface area contributed by atoms with Gasteiger partial charge in [0.05, 0.1) is 10.0 Å². The molecule has 1 aromatic carbocycles. The molecule has 122 valence electrons. The molecule has 7 heteroatoms. The fourth-order valence-electron chi connectivity index (χ4n) is 1.63. The van der Waals surface area contributed by atoms with Crippen LogP contribution in [0.15, 0.2) is 23.2 Å². The molecule has 3 N–H and O–H groups in total. The third-order valence-electron chi connectivity index (χ3n) is 3.10. The van der Waals surface area contributed by atoms with E-state index in [0.29, 0.717) is 34.7 Å². The van der Waals surface area contributed by atoms with Crippen LogP contribution in [0.1, 0.15) is 30.6 Å². The van der Waals surface area contributed by atoms with Crippen LogP contribution in [0.4, 0.5) is 0 Å². The van der Waals surface area contributed by atoms with Crippen LogP contribution in [0, 0.1) is 0 Å². The van der Waals surface area contributed by atoms with Crippen molar-refractivity contribution in [3.05, 3.63) is 33.8 Å². The number of benzene rings is 1. The molecule has 0 aliphatic heterocycles. The van der Waals surface area contributed by atoms with Gasteiger partial charge in [-0.15, -0.1) is 0 Å². The number of aliphatic imine (C=N–C) groups is 1. The zero-order chi connectivity index (χ0) is 16.5. The highest BCUT2D eigenvalue weighted by molar-refractivity contribution is 6.42. The van der Waals surface area contributed by atoms with E-state index < -0.39 is 0 Å². The van der Waals surface area contributed by atoms with Crippen LogP contribution >= 0.6 is 23.2 Å². The Kier molecular flexibility index (Phi) is 8.06. The number of rotatable bonds is 6. The molecule has 0 spiro atoms. The summed E-state index contributed by atoms with van der Waals surface area (Å²) in [6.45, 7) is 5.23. The van der Waals surface area contributed by atoms with Gasteiger partial charge in [-0.1, -0.05) is 30.1 Å². The number of amides is 1. The summed E-state index contributed by atoms with van der Waals surface area (Å²) in [4.78, 5) is 16.1. The number of carbonyl (C=O) groups is 1. The smallest absolute Gasteiger partial charge is 0.251 e. The Hall–Kier alpha value is -1.46. The fraction of sp³-hybridized carbons (Fsp3) is 0.467. The molecule has 0 saturated heterocycles. The van der Waals surface area contributed by atoms with Gasteiger partial charge in [-0.25, -0.2) is 0 Å². The summed E-state index contributed by atoms with van der Waals surface area (Å²) in [6.07, 6.45) is 1.01. The van der Waals surface area contributed by atoms with E-state index in [-0.39, 0.29) is 5.91 Å². The second-order valence-electron chi connectivity index (χ2n) is 4.84. The quantitative estimate of drug-likeness (QED) is 0.422. The number of nitrogens with zero attached hydrogens (tertiary/aromatic N) is 1. The molecule has 0 heterocycles. The predicted octanol–water partition coefficient (Wildman–Crippen LogP) is 2.69. The maximum absolute atomic E-state index is 12.0. The largest absolute Gasteiger partial charge is 0.355 e. The van der Waals surface area contributed by atoms with Crippen LogP contribution < -0.4 is 16.0 Å². The third-order valence-corrected chi connectivity index (χ3v) is 3.84. The molecular weight excluding hydrogens is 323 g/mol. The fourth-order valence-corrected chi connectivity index (χ4v) is 1.92. The Labute approximate surface area is 141 Å². The lowest BCUT2D eigenvalue weighted by Gasteiger charge is -2.16. The molecular formula is C15H22Cl2N4O. The standard InChI is InChI=1S/C15H22Cl2N4O/c1-4-10(2)21-15(18-3)20-8-7-19-14(22)11-5-6-12(16)13(17)9-11/h5-6,9-10H,4,7-8H2,1-3H3,(H,19,22)(H2,18,20,21). The van der Waals surface area contributed by atoms with Gasteiger partial charge in [-0.3, -0.25) is 9.79 Å². The van der Waals surface area contributed by atoms with Gasteiger partial charge in [-0.05, 0) is 31.5 Å². The van der Waals surface area contributed by atoms with E-state index in [9.17, 15) is 4.79 Å².